The van der Waals surface area contributed by atoms with Crippen LogP contribution in [0.25, 0.3) is 16.6 Å². The molecule has 1 saturated heterocycles. The Labute approximate surface area is 233 Å². The maximum atomic E-state index is 12.9. The van der Waals surface area contributed by atoms with Crippen LogP contribution in [0.4, 0.5) is 5.82 Å². The summed E-state index contributed by atoms with van der Waals surface area (Å²) in [5, 5.41) is 24.1. The predicted octanol–water partition coefficient (Wildman–Crippen LogP) is 4.40. The molecular formula is C30H33N7O3. The first-order chi connectivity index (χ1) is 19.0. The number of aliphatic hydroxyl groups is 1. The zero-order valence-corrected chi connectivity index (χ0v) is 23.3. The number of aryl methyl sites for hydroxylation is 1. The van der Waals surface area contributed by atoms with Gasteiger partial charge in [-0.05, 0) is 57.2 Å². The fourth-order valence-electron chi connectivity index (χ4n) is 5.07. The SMILES string of the molecule is Cc1ncncc1C(=O)CC1(C)CCN(c2ccc(-c3cc(OCC(C)(C)O)cn4ncc(C#N)c34)cn2)CC1. The number of carbonyl (C=O) groups is 1. The monoisotopic (exact) mass is 539 g/mol. The minimum absolute atomic E-state index is 0.0909. The molecule has 0 amide bonds. The van der Waals surface area contributed by atoms with Crippen molar-refractivity contribution in [3.63, 3.8) is 0 Å². The molecule has 206 valence electrons. The van der Waals surface area contributed by atoms with E-state index >= 15 is 0 Å². The lowest BCUT2D eigenvalue weighted by Gasteiger charge is -2.39. The number of rotatable bonds is 8. The van der Waals surface area contributed by atoms with Gasteiger partial charge in [0.2, 0.25) is 0 Å². The molecule has 4 aromatic rings. The predicted molar refractivity (Wildman–Crippen MR) is 150 cm³/mol. The molecule has 40 heavy (non-hydrogen) atoms. The molecule has 1 N–H and O–H groups in total. The normalized spacial score (nSPS) is 15.2. The van der Waals surface area contributed by atoms with Crippen molar-refractivity contribution in [1.29, 1.82) is 5.26 Å². The Balaban J connectivity index is 1.32. The third-order valence-electron chi connectivity index (χ3n) is 7.45. The van der Waals surface area contributed by atoms with E-state index in [2.05, 4.69) is 33.0 Å². The van der Waals surface area contributed by atoms with Gasteiger partial charge in [-0.2, -0.15) is 10.4 Å². The highest BCUT2D eigenvalue weighted by Crippen LogP contribution is 2.37. The van der Waals surface area contributed by atoms with Crippen molar-refractivity contribution in [2.75, 3.05) is 24.6 Å². The van der Waals surface area contributed by atoms with E-state index in [4.69, 9.17) is 9.72 Å². The standard InChI is InChI=1S/C30H33N7O3/c1-20-25(16-32-19-34-20)26(38)12-30(4)7-9-36(10-8-30)27-6-5-21(14-33-27)24-11-23(40-18-29(2,3)39)17-37-28(24)22(13-31)15-35-37/h5-6,11,14-17,19,39H,7-10,12,18H2,1-4H3. The second kappa shape index (κ2) is 10.7. The number of aromatic nitrogens is 5. The average molecular weight is 540 g/mol. The zero-order chi connectivity index (χ0) is 28.5. The van der Waals surface area contributed by atoms with Crippen molar-refractivity contribution >= 4 is 17.1 Å². The second-order valence-corrected chi connectivity index (χ2v) is 11.5. The summed E-state index contributed by atoms with van der Waals surface area (Å²) in [6.45, 7) is 9.08. The van der Waals surface area contributed by atoms with Gasteiger partial charge in [0.05, 0.1) is 40.3 Å². The summed E-state index contributed by atoms with van der Waals surface area (Å²) < 4.78 is 7.45. The number of hydrogen-bond donors (Lipinski definition) is 1. The maximum absolute atomic E-state index is 12.9. The van der Waals surface area contributed by atoms with Crippen LogP contribution in [-0.2, 0) is 0 Å². The first-order valence-corrected chi connectivity index (χ1v) is 13.3. The fourth-order valence-corrected chi connectivity index (χ4v) is 5.07. The molecule has 0 unspecified atom stereocenters. The molecule has 0 aromatic carbocycles. The molecule has 0 saturated carbocycles. The highest BCUT2D eigenvalue weighted by atomic mass is 16.5. The van der Waals surface area contributed by atoms with Gasteiger partial charge in [-0.25, -0.2) is 19.5 Å². The second-order valence-electron chi connectivity index (χ2n) is 11.5. The summed E-state index contributed by atoms with van der Waals surface area (Å²) in [5.74, 6) is 1.49. The molecule has 0 bridgehead atoms. The van der Waals surface area contributed by atoms with E-state index < -0.39 is 5.60 Å². The van der Waals surface area contributed by atoms with E-state index in [1.807, 2.05) is 25.1 Å². The van der Waals surface area contributed by atoms with Crippen LogP contribution in [0.2, 0.25) is 0 Å². The molecule has 1 aliphatic heterocycles. The lowest BCUT2D eigenvalue weighted by molar-refractivity contribution is 0.0283. The molecule has 0 atom stereocenters. The van der Waals surface area contributed by atoms with Crippen molar-refractivity contribution < 1.29 is 14.6 Å². The number of nitrogens with zero attached hydrogens (tertiary/aromatic N) is 7. The summed E-state index contributed by atoms with van der Waals surface area (Å²) in [6, 6.07) is 8.03. The highest BCUT2D eigenvalue weighted by molar-refractivity contribution is 5.97. The van der Waals surface area contributed by atoms with Gasteiger partial charge in [-0.15, -0.1) is 0 Å². The number of piperidine rings is 1. The van der Waals surface area contributed by atoms with Crippen molar-refractivity contribution in [3.05, 3.63) is 66.1 Å². The van der Waals surface area contributed by atoms with Gasteiger partial charge >= 0.3 is 0 Å². The van der Waals surface area contributed by atoms with E-state index in [9.17, 15) is 15.2 Å². The van der Waals surface area contributed by atoms with Crippen LogP contribution in [0.5, 0.6) is 5.75 Å². The summed E-state index contributed by atoms with van der Waals surface area (Å²) in [5.41, 5.74) is 2.95. The Bertz CT molecular complexity index is 1570. The number of pyridine rings is 2. The molecule has 10 nitrogen and oxygen atoms in total. The highest BCUT2D eigenvalue weighted by Gasteiger charge is 2.33. The minimum atomic E-state index is -0.993. The Morgan fingerprint density at radius 1 is 1.20 bits per heavy atom. The van der Waals surface area contributed by atoms with Gasteiger partial charge in [0.15, 0.2) is 5.78 Å². The van der Waals surface area contributed by atoms with Crippen molar-refractivity contribution in [3.8, 4) is 22.9 Å². The number of ether oxygens (including phenoxy) is 1. The lowest BCUT2D eigenvalue weighted by Crippen LogP contribution is -2.40. The van der Waals surface area contributed by atoms with Gasteiger partial charge in [0.25, 0.3) is 0 Å². The van der Waals surface area contributed by atoms with E-state index in [-0.39, 0.29) is 17.8 Å². The minimum Gasteiger partial charge on any atom is -0.489 e. The largest absolute Gasteiger partial charge is 0.489 e. The molecule has 5 rings (SSSR count). The third kappa shape index (κ3) is 5.80. The van der Waals surface area contributed by atoms with Crippen LogP contribution >= 0.6 is 0 Å². The smallest absolute Gasteiger partial charge is 0.166 e. The molecule has 0 spiro atoms. The van der Waals surface area contributed by atoms with Gasteiger partial charge in [0.1, 0.15) is 30.6 Å². The molecule has 5 heterocycles. The van der Waals surface area contributed by atoms with Crippen LogP contribution in [0.3, 0.4) is 0 Å². The van der Waals surface area contributed by atoms with E-state index in [1.54, 1.807) is 37.0 Å². The number of Topliss-reactive ketones (excluding diaryl/α,β-unsaturated/α-hetero) is 1. The number of carbonyl (C=O) groups excluding carboxylic acids is 1. The Morgan fingerprint density at radius 3 is 2.62 bits per heavy atom. The Hall–Kier alpha value is -4.36. The van der Waals surface area contributed by atoms with Crippen LogP contribution in [-0.4, -0.2) is 60.8 Å². The topological polar surface area (TPSA) is 130 Å². The molecule has 0 aliphatic carbocycles. The lowest BCUT2D eigenvalue weighted by atomic mass is 9.75. The van der Waals surface area contributed by atoms with Gasteiger partial charge in [-0.3, -0.25) is 4.79 Å². The molecular weight excluding hydrogens is 506 g/mol. The number of anilines is 1. The van der Waals surface area contributed by atoms with Crippen LogP contribution in [0, 0.1) is 23.7 Å². The Morgan fingerprint density at radius 2 is 1.98 bits per heavy atom. The zero-order valence-electron chi connectivity index (χ0n) is 23.3. The van der Waals surface area contributed by atoms with E-state index in [0.717, 1.165) is 48.6 Å². The van der Waals surface area contributed by atoms with E-state index in [0.29, 0.717) is 28.8 Å². The van der Waals surface area contributed by atoms with Gasteiger partial charge < -0.3 is 14.7 Å². The van der Waals surface area contributed by atoms with Crippen molar-refractivity contribution in [1.82, 2.24) is 24.6 Å². The fraction of sp³-hybridized carbons (Fsp3) is 0.400. The van der Waals surface area contributed by atoms with Crippen LogP contribution in [0.15, 0.2) is 49.3 Å². The number of hydrogen-bond acceptors (Lipinski definition) is 9. The molecule has 4 aromatic heterocycles. The Kier molecular flexibility index (Phi) is 7.25. The van der Waals surface area contributed by atoms with E-state index in [1.165, 1.54) is 12.5 Å². The quantitative estimate of drug-likeness (QED) is 0.324. The third-order valence-corrected chi connectivity index (χ3v) is 7.45. The number of fused-ring (bicyclic) bond motifs is 1. The first kappa shape index (κ1) is 27.2. The summed E-state index contributed by atoms with van der Waals surface area (Å²) in [6.07, 6.45) is 10.3. The summed E-state index contributed by atoms with van der Waals surface area (Å²) >= 11 is 0. The number of nitriles is 1. The molecule has 1 aliphatic rings. The molecule has 10 heteroatoms. The van der Waals surface area contributed by atoms with Crippen LogP contribution < -0.4 is 9.64 Å². The molecule has 0 radical (unpaired) electrons. The number of ketones is 1. The summed E-state index contributed by atoms with van der Waals surface area (Å²) in [7, 11) is 0. The first-order valence-electron chi connectivity index (χ1n) is 13.3. The molecule has 1 fully saturated rings. The van der Waals surface area contributed by atoms with Crippen molar-refractivity contribution in [2.45, 2.75) is 52.6 Å². The van der Waals surface area contributed by atoms with Crippen LogP contribution in [0.1, 0.15) is 61.6 Å². The van der Waals surface area contributed by atoms with Gasteiger partial charge in [0, 0.05) is 43.0 Å². The van der Waals surface area contributed by atoms with Crippen molar-refractivity contribution in [2.24, 2.45) is 5.41 Å². The summed E-state index contributed by atoms with van der Waals surface area (Å²) in [4.78, 5) is 28.1. The maximum Gasteiger partial charge on any atom is 0.166 e. The van der Waals surface area contributed by atoms with Gasteiger partial charge in [-0.1, -0.05) is 6.92 Å². The average Bonchev–Trinajstić information content (AvgIpc) is 3.35.